The van der Waals surface area contributed by atoms with Crippen molar-refractivity contribution >= 4 is 16.9 Å². The van der Waals surface area contributed by atoms with Crippen molar-refractivity contribution < 1.29 is 4.79 Å². The first-order valence-electron chi connectivity index (χ1n) is 9.05. The van der Waals surface area contributed by atoms with Gasteiger partial charge < -0.3 is 14.0 Å². The van der Waals surface area contributed by atoms with Crippen molar-refractivity contribution in [3.63, 3.8) is 0 Å². The first-order chi connectivity index (χ1) is 12.2. The first-order valence-corrected chi connectivity index (χ1v) is 9.05. The Kier molecular flexibility index (Phi) is 4.30. The molecule has 1 fully saturated rings. The molecule has 1 atom stereocenters. The summed E-state index contributed by atoms with van der Waals surface area (Å²) in [6.07, 6.45) is 7.61. The number of imidazole rings is 1. The molecule has 0 N–H and O–H groups in total. The van der Waals surface area contributed by atoms with Crippen LogP contribution in [-0.2, 0) is 18.4 Å². The molecule has 4 rings (SSSR count). The minimum Gasteiger partial charge on any atom is -0.354 e. The summed E-state index contributed by atoms with van der Waals surface area (Å²) in [6, 6.07) is 12.3. The van der Waals surface area contributed by atoms with Crippen molar-refractivity contribution in [2.45, 2.75) is 38.3 Å². The average molecular weight is 336 g/mol. The van der Waals surface area contributed by atoms with Crippen LogP contribution in [0.3, 0.4) is 0 Å². The molecular weight excluding hydrogens is 312 g/mol. The molecule has 0 saturated carbocycles. The van der Waals surface area contributed by atoms with Gasteiger partial charge in [0.2, 0.25) is 5.91 Å². The van der Waals surface area contributed by atoms with E-state index < -0.39 is 0 Å². The number of para-hydroxylation sites is 2. The lowest BCUT2D eigenvalue weighted by atomic mass is 10.2. The van der Waals surface area contributed by atoms with Crippen molar-refractivity contribution in [2.75, 3.05) is 6.54 Å². The maximum atomic E-state index is 12.8. The van der Waals surface area contributed by atoms with Crippen LogP contribution in [-0.4, -0.2) is 31.5 Å². The molecule has 0 spiro atoms. The van der Waals surface area contributed by atoms with Crippen molar-refractivity contribution in [2.24, 2.45) is 7.05 Å². The number of amides is 1. The van der Waals surface area contributed by atoms with Gasteiger partial charge in [-0.05, 0) is 43.5 Å². The summed E-state index contributed by atoms with van der Waals surface area (Å²) < 4.78 is 4.27. The quantitative estimate of drug-likeness (QED) is 0.715. The lowest BCUT2D eigenvalue weighted by Gasteiger charge is -2.24. The smallest absolute Gasteiger partial charge is 0.223 e. The topological polar surface area (TPSA) is 43.1 Å². The Morgan fingerprint density at radius 1 is 1.20 bits per heavy atom. The SMILES string of the molecule is Cn1c([C@@H]2CCCN2C(=O)CCCn2cccc2)nc2ccccc21. The van der Waals surface area contributed by atoms with E-state index in [0.29, 0.717) is 6.42 Å². The highest BCUT2D eigenvalue weighted by atomic mass is 16.2. The second-order valence-electron chi connectivity index (χ2n) is 6.79. The molecule has 5 heteroatoms. The minimum atomic E-state index is 0.108. The van der Waals surface area contributed by atoms with Gasteiger partial charge in [-0.3, -0.25) is 4.79 Å². The number of aromatic nitrogens is 3. The molecule has 0 unspecified atom stereocenters. The van der Waals surface area contributed by atoms with Crippen LogP contribution in [0.1, 0.15) is 37.5 Å². The molecule has 0 bridgehead atoms. The summed E-state index contributed by atoms with van der Waals surface area (Å²) in [6.45, 7) is 1.74. The van der Waals surface area contributed by atoms with Crippen LogP contribution in [0.25, 0.3) is 11.0 Å². The molecular formula is C20H24N4O. The summed E-state index contributed by atoms with van der Waals surface area (Å²) >= 11 is 0. The van der Waals surface area contributed by atoms with Crippen molar-refractivity contribution in [1.29, 1.82) is 0 Å². The Balaban J connectivity index is 1.47. The van der Waals surface area contributed by atoms with E-state index in [1.54, 1.807) is 0 Å². The fourth-order valence-electron chi connectivity index (χ4n) is 3.87. The third-order valence-corrected chi connectivity index (χ3v) is 5.17. The van der Waals surface area contributed by atoms with Gasteiger partial charge in [-0.1, -0.05) is 12.1 Å². The van der Waals surface area contributed by atoms with E-state index >= 15 is 0 Å². The summed E-state index contributed by atoms with van der Waals surface area (Å²) in [5.74, 6) is 1.26. The normalized spacial score (nSPS) is 17.5. The average Bonchev–Trinajstić information content (AvgIpc) is 3.35. The van der Waals surface area contributed by atoms with E-state index in [1.807, 2.05) is 47.6 Å². The first kappa shape index (κ1) is 15.9. The molecule has 25 heavy (non-hydrogen) atoms. The highest BCUT2D eigenvalue weighted by Crippen LogP contribution is 2.33. The third kappa shape index (κ3) is 3.06. The van der Waals surface area contributed by atoms with Gasteiger partial charge in [0, 0.05) is 39.0 Å². The van der Waals surface area contributed by atoms with E-state index in [1.165, 1.54) is 0 Å². The maximum Gasteiger partial charge on any atom is 0.223 e. The van der Waals surface area contributed by atoms with Gasteiger partial charge in [-0.25, -0.2) is 4.98 Å². The summed E-state index contributed by atoms with van der Waals surface area (Å²) in [5.41, 5.74) is 2.14. The fraction of sp³-hybridized carbons (Fsp3) is 0.400. The second kappa shape index (κ2) is 6.75. The Bertz CT molecular complexity index is 865. The van der Waals surface area contributed by atoms with Crippen molar-refractivity contribution in [1.82, 2.24) is 19.0 Å². The van der Waals surface area contributed by atoms with Crippen LogP contribution >= 0.6 is 0 Å². The molecule has 0 radical (unpaired) electrons. The second-order valence-corrected chi connectivity index (χ2v) is 6.79. The number of carbonyl (C=O) groups excluding carboxylic acids is 1. The molecule has 3 aromatic rings. The highest BCUT2D eigenvalue weighted by molar-refractivity contribution is 5.78. The molecule has 130 valence electrons. The van der Waals surface area contributed by atoms with Crippen LogP contribution < -0.4 is 0 Å². The Labute approximate surface area is 147 Å². The predicted molar refractivity (Wildman–Crippen MR) is 98.1 cm³/mol. The van der Waals surface area contributed by atoms with E-state index in [9.17, 15) is 4.79 Å². The molecule has 2 aromatic heterocycles. The number of fused-ring (bicyclic) bond motifs is 1. The minimum absolute atomic E-state index is 0.108. The monoisotopic (exact) mass is 336 g/mol. The number of likely N-dealkylation sites (tertiary alicyclic amines) is 1. The number of nitrogens with zero attached hydrogens (tertiary/aromatic N) is 4. The lowest BCUT2D eigenvalue weighted by Crippen LogP contribution is -2.31. The number of hydrogen-bond acceptors (Lipinski definition) is 2. The molecule has 1 aliphatic heterocycles. The predicted octanol–water partition coefficient (Wildman–Crippen LogP) is 3.52. The van der Waals surface area contributed by atoms with Crippen LogP contribution in [0, 0.1) is 0 Å². The molecule has 0 aliphatic carbocycles. The number of carbonyl (C=O) groups is 1. The van der Waals surface area contributed by atoms with E-state index in [4.69, 9.17) is 4.98 Å². The van der Waals surface area contributed by atoms with Gasteiger partial charge in [-0.2, -0.15) is 0 Å². The third-order valence-electron chi connectivity index (χ3n) is 5.17. The maximum absolute atomic E-state index is 12.8. The van der Waals surface area contributed by atoms with Crippen molar-refractivity contribution in [3.05, 3.63) is 54.6 Å². The van der Waals surface area contributed by atoms with E-state index in [0.717, 1.165) is 49.2 Å². The number of benzene rings is 1. The number of hydrogen-bond donors (Lipinski definition) is 0. The van der Waals surface area contributed by atoms with Gasteiger partial charge in [0.25, 0.3) is 0 Å². The molecule has 1 amide bonds. The van der Waals surface area contributed by atoms with Crippen molar-refractivity contribution in [3.8, 4) is 0 Å². The largest absolute Gasteiger partial charge is 0.354 e. The molecule has 1 aliphatic rings. The summed E-state index contributed by atoms with van der Waals surface area (Å²) in [4.78, 5) is 19.6. The summed E-state index contributed by atoms with van der Waals surface area (Å²) in [5, 5.41) is 0. The van der Waals surface area contributed by atoms with Gasteiger partial charge >= 0.3 is 0 Å². The van der Waals surface area contributed by atoms with E-state index in [2.05, 4.69) is 22.2 Å². The Morgan fingerprint density at radius 3 is 2.80 bits per heavy atom. The molecule has 1 aromatic carbocycles. The molecule has 3 heterocycles. The summed E-state index contributed by atoms with van der Waals surface area (Å²) in [7, 11) is 2.05. The number of rotatable bonds is 5. The molecule has 1 saturated heterocycles. The van der Waals surface area contributed by atoms with Gasteiger partial charge in [-0.15, -0.1) is 0 Å². The Hall–Kier alpha value is -2.56. The highest BCUT2D eigenvalue weighted by Gasteiger charge is 2.32. The fourth-order valence-corrected chi connectivity index (χ4v) is 3.87. The van der Waals surface area contributed by atoms with Crippen LogP contribution in [0.15, 0.2) is 48.8 Å². The van der Waals surface area contributed by atoms with Gasteiger partial charge in [0.05, 0.1) is 17.1 Å². The zero-order valence-electron chi connectivity index (χ0n) is 14.6. The number of aryl methyl sites for hydroxylation is 2. The molecule has 5 nitrogen and oxygen atoms in total. The van der Waals surface area contributed by atoms with Gasteiger partial charge in [0.1, 0.15) is 5.82 Å². The standard InChI is InChI=1S/C20H24N4O/c1-22-17-9-3-2-8-16(17)21-20(22)18-10-6-15-24(18)19(25)11-7-14-23-12-4-5-13-23/h2-5,8-9,12-13,18H,6-7,10-11,14-15H2,1H3/t18-/m0/s1. The van der Waals surface area contributed by atoms with E-state index in [-0.39, 0.29) is 11.9 Å². The van der Waals surface area contributed by atoms with Crippen LogP contribution in [0.4, 0.5) is 0 Å². The lowest BCUT2D eigenvalue weighted by molar-refractivity contribution is -0.132. The Morgan fingerprint density at radius 2 is 2.00 bits per heavy atom. The van der Waals surface area contributed by atoms with Crippen LogP contribution in [0.5, 0.6) is 0 Å². The zero-order chi connectivity index (χ0) is 17.2. The van der Waals surface area contributed by atoms with Gasteiger partial charge in [0.15, 0.2) is 0 Å². The van der Waals surface area contributed by atoms with Crippen LogP contribution in [0.2, 0.25) is 0 Å². The zero-order valence-corrected chi connectivity index (χ0v) is 14.6.